The molecule has 0 atom stereocenters. The van der Waals surface area contributed by atoms with Crippen molar-refractivity contribution in [2.75, 3.05) is 11.9 Å². The van der Waals surface area contributed by atoms with Crippen molar-refractivity contribution < 1.29 is 9.53 Å². The van der Waals surface area contributed by atoms with Gasteiger partial charge in [-0.25, -0.2) is 0 Å². The number of aryl methyl sites for hydroxylation is 1. The molecule has 0 fully saturated rings. The largest absolute Gasteiger partial charge is 0.494 e. The van der Waals surface area contributed by atoms with E-state index in [1.165, 1.54) is 17.4 Å². The number of hydrogen-bond donors (Lipinski definition) is 1. The fourth-order valence-electron chi connectivity index (χ4n) is 1.75. The molecule has 118 valence electrons. The van der Waals surface area contributed by atoms with Gasteiger partial charge in [-0.1, -0.05) is 30.4 Å². The Labute approximate surface area is 138 Å². The molecule has 0 saturated carbocycles. The number of nitriles is 1. The molecule has 0 radical (unpaired) electrons. The van der Waals surface area contributed by atoms with E-state index in [-0.39, 0.29) is 5.57 Å². The zero-order valence-corrected chi connectivity index (χ0v) is 13.7. The van der Waals surface area contributed by atoms with Gasteiger partial charge in [0.15, 0.2) is 0 Å². The van der Waals surface area contributed by atoms with Crippen LogP contribution in [0.2, 0.25) is 0 Å². The molecule has 7 heteroatoms. The van der Waals surface area contributed by atoms with E-state index in [9.17, 15) is 10.1 Å². The fourth-order valence-corrected chi connectivity index (χ4v) is 2.43. The lowest BCUT2D eigenvalue weighted by molar-refractivity contribution is -0.112. The summed E-state index contributed by atoms with van der Waals surface area (Å²) in [5, 5.41) is 20.8. The first-order valence-corrected chi connectivity index (χ1v) is 7.96. The van der Waals surface area contributed by atoms with Crippen LogP contribution in [0.3, 0.4) is 0 Å². The van der Waals surface area contributed by atoms with E-state index < -0.39 is 5.91 Å². The minimum atomic E-state index is -0.500. The summed E-state index contributed by atoms with van der Waals surface area (Å²) in [5.41, 5.74) is 0.745. The van der Waals surface area contributed by atoms with Crippen molar-refractivity contribution in [3.63, 3.8) is 0 Å². The van der Waals surface area contributed by atoms with Gasteiger partial charge in [0.25, 0.3) is 5.91 Å². The fraction of sp³-hybridized carbons (Fsp3) is 0.250. The van der Waals surface area contributed by atoms with Gasteiger partial charge in [-0.3, -0.25) is 10.1 Å². The molecule has 0 saturated heterocycles. The van der Waals surface area contributed by atoms with Gasteiger partial charge in [-0.2, -0.15) is 5.26 Å². The van der Waals surface area contributed by atoms with Gasteiger partial charge < -0.3 is 4.74 Å². The van der Waals surface area contributed by atoms with Gasteiger partial charge in [0.1, 0.15) is 22.4 Å². The number of hydrogen-bond acceptors (Lipinski definition) is 6. The predicted molar refractivity (Wildman–Crippen MR) is 89.1 cm³/mol. The molecular weight excluding hydrogens is 312 g/mol. The van der Waals surface area contributed by atoms with Crippen LogP contribution < -0.4 is 10.1 Å². The summed E-state index contributed by atoms with van der Waals surface area (Å²) in [6.07, 6.45) is 2.27. The van der Waals surface area contributed by atoms with Crippen LogP contribution in [0, 0.1) is 11.3 Å². The summed E-state index contributed by atoms with van der Waals surface area (Å²) in [6.45, 7) is 4.45. The van der Waals surface area contributed by atoms with E-state index in [1.54, 1.807) is 24.3 Å². The minimum absolute atomic E-state index is 0.00223. The first-order valence-electron chi connectivity index (χ1n) is 7.14. The Kier molecular flexibility index (Phi) is 5.83. The first kappa shape index (κ1) is 16.6. The molecule has 1 N–H and O–H groups in total. The molecule has 6 nitrogen and oxygen atoms in total. The van der Waals surface area contributed by atoms with E-state index in [4.69, 9.17) is 4.74 Å². The normalized spacial score (nSPS) is 10.9. The molecule has 0 unspecified atom stereocenters. The molecule has 1 heterocycles. The minimum Gasteiger partial charge on any atom is -0.494 e. The van der Waals surface area contributed by atoms with Crippen LogP contribution in [0.15, 0.2) is 29.8 Å². The van der Waals surface area contributed by atoms with Crippen molar-refractivity contribution in [1.82, 2.24) is 10.2 Å². The molecular formula is C16H16N4O2S. The van der Waals surface area contributed by atoms with Crippen molar-refractivity contribution in [2.24, 2.45) is 0 Å². The highest BCUT2D eigenvalue weighted by Crippen LogP contribution is 2.18. The number of rotatable bonds is 6. The molecule has 0 aliphatic rings. The molecule has 0 aliphatic carbocycles. The number of ether oxygens (including phenoxy) is 1. The Morgan fingerprint density at radius 1 is 1.35 bits per heavy atom. The van der Waals surface area contributed by atoms with E-state index in [1.807, 2.05) is 19.9 Å². The Morgan fingerprint density at radius 2 is 2.09 bits per heavy atom. The van der Waals surface area contributed by atoms with Crippen LogP contribution in [0.25, 0.3) is 6.08 Å². The Bertz CT molecular complexity index is 744. The summed E-state index contributed by atoms with van der Waals surface area (Å²) in [6, 6.07) is 9.06. The second-order valence-electron chi connectivity index (χ2n) is 4.48. The lowest BCUT2D eigenvalue weighted by Crippen LogP contribution is -2.13. The van der Waals surface area contributed by atoms with E-state index >= 15 is 0 Å². The van der Waals surface area contributed by atoms with Crippen LogP contribution in [0.4, 0.5) is 5.13 Å². The van der Waals surface area contributed by atoms with Crippen molar-refractivity contribution >= 4 is 28.5 Å². The van der Waals surface area contributed by atoms with Crippen molar-refractivity contribution in [3.8, 4) is 11.8 Å². The highest BCUT2D eigenvalue weighted by atomic mass is 32.1. The predicted octanol–water partition coefficient (Wildman–Crippen LogP) is 3.04. The second-order valence-corrected chi connectivity index (χ2v) is 5.54. The first-order chi connectivity index (χ1) is 11.2. The van der Waals surface area contributed by atoms with Crippen LogP contribution in [0.5, 0.6) is 5.75 Å². The van der Waals surface area contributed by atoms with Crippen LogP contribution >= 0.6 is 11.3 Å². The average molecular weight is 328 g/mol. The number of anilines is 1. The molecule has 23 heavy (non-hydrogen) atoms. The van der Waals surface area contributed by atoms with Crippen LogP contribution in [-0.2, 0) is 11.2 Å². The summed E-state index contributed by atoms with van der Waals surface area (Å²) < 4.78 is 5.35. The molecule has 2 rings (SSSR count). The third kappa shape index (κ3) is 4.63. The van der Waals surface area contributed by atoms with Crippen molar-refractivity contribution in [2.45, 2.75) is 20.3 Å². The van der Waals surface area contributed by atoms with Gasteiger partial charge in [0, 0.05) is 0 Å². The smallest absolute Gasteiger partial charge is 0.268 e. The standard InChI is InChI=1S/C16H16N4O2S/c1-3-14-19-20-16(23-14)18-15(21)12(10-17)9-11-5-7-13(8-6-11)22-4-2/h5-9H,3-4H2,1-2H3,(H,18,20,21)/b12-9+. The number of carbonyl (C=O) groups excluding carboxylic acids is 1. The molecule has 2 aromatic rings. The Hall–Kier alpha value is -2.72. The zero-order chi connectivity index (χ0) is 16.7. The lowest BCUT2D eigenvalue weighted by Gasteiger charge is -2.03. The third-order valence-electron chi connectivity index (χ3n) is 2.86. The maximum Gasteiger partial charge on any atom is 0.268 e. The topological polar surface area (TPSA) is 87.9 Å². The second kappa shape index (κ2) is 8.06. The highest BCUT2D eigenvalue weighted by molar-refractivity contribution is 7.15. The van der Waals surface area contributed by atoms with E-state index in [0.29, 0.717) is 11.7 Å². The number of nitrogens with zero attached hydrogens (tertiary/aromatic N) is 3. The zero-order valence-electron chi connectivity index (χ0n) is 12.9. The number of benzene rings is 1. The summed E-state index contributed by atoms with van der Waals surface area (Å²) in [5.74, 6) is 0.244. The van der Waals surface area contributed by atoms with Crippen molar-refractivity contribution in [3.05, 3.63) is 40.4 Å². The Balaban J connectivity index is 2.11. The molecule has 1 aromatic carbocycles. The third-order valence-corrected chi connectivity index (χ3v) is 3.84. The van der Waals surface area contributed by atoms with Gasteiger partial charge in [-0.05, 0) is 37.1 Å². The van der Waals surface area contributed by atoms with Crippen LogP contribution in [-0.4, -0.2) is 22.7 Å². The molecule has 0 bridgehead atoms. The van der Waals surface area contributed by atoms with Crippen LogP contribution in [0.1, 0.15) is 24.4 Å². The maximum atomic E-state index is 12.1. The number of nitrogens with one attached hydrogen (secondary N) is 1. The van der Waals surface area contributed by atoms with Gasteiger partial charge >= 0.3 is 0 Å². The number of aromatic nitrogens is 2. The number of carbonyl (C=O) groups is 1. The van der Waals surface area contributed by atoms with Gasteiger partial charge in [0.05, 0.1) is 6.61 Å². The van der Waals surface area contributed by atoms with E-state index in [2.05, 4.69) is 15.5 Å². The molecule has 0 spiro atoms. The maximum absolute atomic E-state index is 12.1. The average Bonchev–Trinajstić information content (AvgIpc) is 3.02. The van der Waals surface area contributed by atoms with Crippen molar-refractivity contribution in [1.29, 1.82) is 5.26 Å². The summed E-state index contributed by atoms with van der Waals surface area (Å²) >= 11 is 1.30. The molecule has 1 aromatic heterocycles. The van der Waals surface area contributed by atoms with E-state index in [0.717, 1.165) is 22.7 Å². The summed E-state index contributed by atoms with van der Waals surface area (Å²) in [4.78, 5) is 12.1. The monoisotopic (exact) mass is 328 g/mol. The SMILES string of the molecule is CCOc1ccc(/C=C(\C#N)C(=O)Nc2nnc(CC)s2)cc1. The van der Waals surface area contributed by atoms with Gasteiger partial charge in [0.2, 0.25) is 5.13 Å². The molecule has 1 amide bonds. The number of amides is 1. The van der Waals surface area contributed by atoms with Gasteiger partial charge in [-0.15, -0.1) is 10.2 Å². The molecule has 0 aliphatic heterocycles. The quantitative estimate of drug-likeness (QED) is 0.650. The Morgan fingerprint density at radius 3 is 2.65 bits per heavy atom. The summed E-state index contributed by atoms with van der Waals surface area (Å²) in [7, 11) is 0. The highest BCUT2D eigenvalue weighted by Gasteiger charge is 2.12. The lowest BCUT2D eigenvalue weighted by atomic mass is 10.1.